The van der Waals surface area contributed by atoms with Crippen molar-refractivity contribution in [3.63, 3.8) is 0 Å². The fraction of sp³-hybridized carbons (Fsp3) is 0.400. The fourth-order valence-corrected chi connectivity index (χ4v) is 3.22. The molecule has 0 bridgehead atoms. The topological polar surface area (TPSA) is 122 Å². The minimum absolute atomic E-state index is 0.340. The second-order valence-electron chi connectivity index (χ2n) is 7.51. The highest BCUT2D eigenvalue weighted by atomic mass is 16.5. The van der Waals surface area contributed by atoms with Crippen molar-refractivity contribution in [2.24, 2.45) is 12.8 Å². The van der Waals surface area contributed by atoms with E-state index in [0.29, 0.717) is 30.5 Å². The molecular formula is C20H27N7O3. The molecule has 0 aliphatic heterocycles. The minimum Gasteiger partial charge on any atom is -0.464 e. The molecule has 0 aromatic carbocycles. The monoisotopic (exact) mass is 413 g/mol. The predicted octanol–water partition coefficient (Wildman–Crippen LogP) is 1.88. The number of carbonyl (C=O) groups excluding carboxylic acids is 1. The zero-order valence-electron chi connectivity index (χ0n) is 17.8. The van der Waals surface area contributed by atoms with Crippen LogP contribution in [-0.4, -0.2) is 56.7 Å². The molecule has 3 aromatic heterocycles. The van der Waals surface area contributed by atoms with Crippen molar-refractivity contribution < 1.29 is 14.3 Å². The van der Waals surface area contributed by atoms with Crippen LogP contribution in [0.2, 0.25) is 0 Å². The highest BCUT2D eigenvalue weighted by Crippen LogP contribution is 2.26. The number of esters is 1. The molecule has 1 atom stereocenters. The van der Waals surface area contributed by atoms with E-state index in [9.17, 15) is 4.79 Å². The number of ether oxygens (including phenoxy) is 2. The lowest BCUT2D eigenvalue weighted by Gasteiger charge is -2.25. The Morgan fingerprint density at radius 2 is 2.13 bits per heavy atom. The van der Waals surface area contributed by atoms with Gasteiger partial charge in [-0.05, 0) is 25.5 Å². The van der Waals surface area contributed by atoms with Gasteiger partial charge < -0.3 is 25.1 Å². The minimum atomic E-state index is -0.666. The molecule has 3 heterocycles. The first kappa shape index (κ1) is 21.5. The van der Waals surface area contributed by atoms with Crippen molar-refractivity contribution >= 4 is 17.7 Å². The zero-order chi connectivity index (χ0) is 21.9. The molecule has 0 aliphatic carbocycles. The molecule has 3 aromatic rings. The van der Waals surface area contributed by atoms with E-state index < -0.39 is 11.5 Å². The number of hydrogen-bond acceptors (Lipinski definition) is 8. The third kappa shape index (κ3) is 4.66. The number of rotatable bonds is 8. The highest BCUT2D eigenvalue weighted by Gasteiger charge is 2.24. The van der Waals surface area contributed by atoms with E-state index in [-0.39, 0.29) is 0 Å². The number of anilines is 2. The van der Waals surface area contributed by atoms with Crippen LogP contribution in [0.4, 0.5) is 11.8 Å². The van der Waals surface area contributed by atoms with Crippen molar-refractivity contribution in [3.8, 4) is 11.3 Å². The number of nitrogens with one attached hydrogen (secondary N) is 1. The van der Waals surface area contributed by atoms with Crippen molar-refractivity contribution in [1.82, 2.24) is 24.3 Å². The number of aromatic nitrogens is 5. The van der Waals surface area contributed by atoms with Gasteiger partial charge in [-0.25, -0.2) is 14.8 Å². The SMILES string of the molecule is COCC(C)(N)Cn1cc(-c2nc(Nc3ccnn3C)ncc2C)cc1C(=O)OC. The van der Waals surface area contributed by atoms with Gasteiger partial charge >= 0.3 is 5.97 Å². The van der Waals surface area contributed by atoms with Crippen LogP contribution in [0, 0.1) is 6.92 Å². The smallest absolute Gasteiger partial charge is 0.354 e. The van der Waals surface area contributed by atoms with Gasteiger partial charge in [0.25, 0.3) is 0 Å². The molecule has 0 fully saturated rings. The van der Waals surface area contributed by atoms with E-state index in [1.807, 2.05) is 33.2 Å². The van der Waals surface area contributed by atoms with E-state index in [4.69, 9.17) is 15.2 Å². The maximum Gasteiger partial charge on any atom is 0.354 e. The number of hydrogen-bond donors (Lipinski definition) is 2. The first-order valence-corrected chi connectivity index (χ1v) is 9.39. The number of nitrogens with two attached hydrogens (primary N) is 1. The number of aryl methyl sites for hydroxylation is 2. The second-order valence-corrected chi connectivity index (χ2v) is 7.51. The van der Waals surface area contributed by atoms with E-state index >= 15 is 0 Å². The van der Waals surface area contributed by atoms with Crippen molar-refractivity contribution in [3.05, 3.63) is 42.0 Å². The lowest BCUT2D eigenvalue weighted by Crippen LogP contribution is -2.45. The van der Waals surface area contributed by atoms with Crippen LogP contribution in [0.15, 0.2) is 30.7 Å². The summed E-state index contributed by atoms with van der Waals surface area (Å²) in [5, 5.41) is 7.27. The molecule has 0 aliphatic rings. The molecule has 3 N–H and O–H groups in total. The summed E-state index contributed by atoms with van der Waals surface area (Å²) in [6.07, 6.45) is 5.26. The van der Waals surface area contributed by atoms with Crippen LogP contribution in [0.25, 0.3) is 11.3 Å². The van der Waals surface area contributed by atoms with Gasteiger partial charge in [0.15, 0.2) is 0 Å². The standard InChI is InChI=1S/C20H27N7O3/c1-13-9-22-19(24-16-6-7-23-26(16)3)25-17(13)14-8-15(18(28)30-5)27(10-14)11-20(2,21)12-29-4/h6-10H,11-12,21H2,1-5H3,(H,22,24,25). The van der Waals surface area contributed by atoms with Gasteiger partial charge in [-0.15, -0.1) is 0 Å². The normalized spacial score (nSPS) is 13.1. The van der Waals surface area contributed by atoms with Crippen molar-refractivity contribution in [2.75, 3.05) is 26.1 Å². The van der Waals surface area contributed by atoms with Gasteiger partial charge in [-0.1, -0.05) is 0 Å². The molecule has 160 valence electrons. The van der Waals surface area contributed by atoms with E-state index in [1.165, 1.54) is 7.11 Å². The summed E-state index contributed by atoms with van der Waals surface area (Å²) < 4.78 is 13.6. The molecular weight excluding hydrogens is 386 g/mol. The Bertz CT molecular complexity index is 1040. The second kappa shape index (κ2) is 8.64. The predicted molar refractivity (Wildman–Crippen MR) is 112 cm³/mol. The van der Waals surface area contributed by atoms with Crippen LogP contribution in [0.1, 0.15) is 23.0 Å². The molecule has 0 amide bonds. The summed E-state index contributed by atoms with van der Waals surface area (Å²) in [7, 11) is 4.76. The highest BCUT2D eigenvalue weighted by molar-refractivity contribution is 5.89. The summed E-state index contributed by atoms with van der Waals surface area (Å²) in [6, 6.07) is 3.57. The Morgan fingerprint density at radius 1 is 1.37 bits per heavy atom. The van der Waals surface area contributed by atoms with Crippen LogP contribution >= 0.6 is 0 Å². The lowest BCUT2D eigenvalue weighted by molar-refractivity contribution is 0.0584. The van der Waals surface area contributed by atoms with Crippen LogP contribution < -0.4 is 11.1 Å². The number of carbonyl (C=O) groups is 1. The largest absolute Gasteiger partial charge is 0.464 e. The maximum atomic E-state index is 12.4. The fourth-order valence-electron chi connectivity index (χ4n) is 3.22. The maximum absolute atomic E-state index is 12.4. The van der Waals surface area contributed by atoms with E-state index in [2.05, 4.69) is 20.4 Å². The van der Waals surface area contributed by atoms with Crippen LogP contribution in [0.5, 0.6) is 0 Å². The van der Waals surface area contributed by atoms with Crippen molar-refractivity contribution in [1.29, 1.82) is 0 Å². The molecule has 10 nitrogen and oxygen atoms in total. The third-order valence-electron chi connectivity index (χ3n) is 4.60. The van der Waals surface area contributed by atoms with Gasteiger partial charge in [0.1, 0.15) is 11.5 Å². The van der Waals surface area contributed by atoms with Gasteiger partial charge in [0, 0.05) is 44.7 Å². The molecule has 0 spiro atoms. The van der Waals surface area contributed by atoms with Crippen molar-refractivity contribution in [2.45, 2.75) is 25.9 Å². The van der Waals surface area contributed by atoms with Crippen LogP contribution in [-0.2, 0) is 23.1 Å². The van der Waals surface area contributed by atoms with Crippen LogP contribution in [0.3, 0.4) is 0 Å². The molecule has 1 unspecified atom stereocenters. The third-order valence-corrected chi connectivity index (χ3v) is 4.60. The Hall–Kier alpha value is -3.24. The zero-order valence-corrected chi connectivity index (χ0v) is 17.8. The summed E-state index contributed by atoms with van der Waals surface area (Å²) in [5.41, 5.74) is 8.37. The quantitative estimate of drug-likeness (QED) is 0.537. The average Bonchev–Trinajstić information content (AvgIpc) is 3.28. The molecule has 30 heavy (non-hydrogen) atoms. The van der Waals surface area contributed by atoms with Gasteiger partial charge in [0.05, 0.1) is 31.1 Å². The summed E-state index contributed by atoms with van der Waals surface area (Å²) in [5.74, 6) is 0.736. The summed E-state index contributed by atoms with van der Waals surface area (Å²) >= 11 is 0. The summed E-state index contributed by atoms with van der Waals surface area (Å²) in [4.78, 5) is 21.3. The molecule has 0 saturated carbocycles. The van der Waals surface area contributed by atoms with Gasteiger partial charge in [0.2, 0.25) is 5.95 Å². The Labute approximate surface area is 175 Å². The Balaban J connectivity index is 1.99. The Morgan fingerprint density at radius 3 is 2.77 bits per heavy atom. The average molecular weight is 413 g/mol. The first-order valence-electron chi connectivity index (χ1n) is 9.39. The summed E-state index contributed by atoms with van der Waals surface area (Å²) in [6.45, 7) is 4.49. The number of methoxy groups -OCH3 is 2. The first-order chi connectivity index (χ1) is 14.2. The Kier molecular flexibility index (Phi) is 6.18. The molecule has 0 radical (unpaired) electrons. The van der Waals surface area contributed by atoms with Gasteiger partial charge in [-0.2, -0.15) is 5.10 Å². The molecule has 10 heteroatoms. The molecule has 0 saturated heterocycles. The number of nitrogens with zero attached hydrogens (tertiary/aromatic N) is 5. The lowest BCUT2D eigenvalue weighted by atomic mass is 10.1. The van der Waals surface area contributed by atoms with E-state index in [1.54, 1.807) is 34.8 Å². The molecule has 3 rings (SSSR count). The van der Waals surface area contributed by atoms with E-state index in [0.717, 1.165) is 16.9 Å². The van der Waals surface area contributed by atoms with Gasteiger partial charge in [-0.3, -0.25) is 4.68 Å².